The molecule has 3 heteroatoms. The first-order valence-corrected chi connectivity index (χ1v) is 6.89. The zero-order valence-corrected chi connectivity index (χ0v) is 12.4. The first-order valence-electron chi connectivity index (χ1n) is 6.10. The maximum absolute atomic E-state index is 10.4. The van der Waals surface area contributed by atoms with E-state index in [0.29, 0.717) is 12.5 Å². The summed E-state index contributed by atoms with van der Waals surface area (Å²) in [6.45, 7) is 6.85. The van der Waals surface area contributed by atoms with Crippen LogP contribution in [0.2, 0.25) is 0 Å². The van der Waals surface area contributed by atoms with E-state index in [1.54, 1.807) is 0 Å². The molecule has 0 fully saturated rings. The van der Waals surface area contributed by atoms with Gasteiger partial charge in [0.2, 0.25) is 0 Å². The molecular weight excluding hydrogens is 278 g/mol. The number of hydrogen-bond donors (Lipinski definition) is 2. The Balaban J connectivity index is 2.93. The van der Waals surface area contributed by atoms with Crippen LogP contribution in [0.1, 0.15) is 37.5 Å². The lowest BCUT2D eigenvalue weighted by Crippen LogP contribution is -2.24. The average molecular weight is 300 g/mol. The van der Waals surface area contributed by atoms with Crippen LogP contribution in [0.25, 0.3) is 0 Å². The van der Waals surface area contributed by atoms with Gasteiger partial charge in [0.05, 0.1) is 6.10 Å². The summed E-state index contributed by atoms with van der Waals surface area (Å²) in [6.07, 6.45) is 0.453. The topological polar surface area (TPSA) is 46.2 Å². The minimum Gasteiger partial charge on any atom is -0.388 e. The SMILES string of the molecule is Cc1cccc(C(O)C(CN)CC(C)C)c1Br. The van der Waals surface area contributed by atoms with E-state index in [1.165, 1.54) is 0 Å². The smallest absolute Gasteiger partial charge is 0.0841 e. The van der Waals surface area contributed by atoms with Gasteiger partial charge in [0, 0.05) is 10.4 Å². The highest BCUT2D eigenvalue weighted by molar-refractivity contribution is 9.10. The second-order valence-corrected chi connectivity index (χ2v) is 5.84. The van der Waals surface area contributed by atoms with Crippen LogP contribution in [-0.4, -0.2) is 11.7 Å². The first-order chi connectivity index (χ1) is 7.97. The fraction of sp³-hybridized carbons (Fsp3) is 0.571. The maximum atomic E-state index is 10.4. The number of nitrogens with two attached hydrogens (primary N) is 1. The summed E-state index contributed by atoms with van der Waals surface area (Å²) >= 11 is 3.54. The van der Waals surface area contributed by atoms with Crippen LogP contribution in [0.15, 0.2) is 22.7 Å². The van der Waals surface area contributed by atoms with E-state index in [0.717, 1.165) is 22.0 Å². The molecular formula is C14H22BrNO. The Kier molecular flexibility index (Phi) is 5.63. The molecule has 96 valence electrons. The lowest BCUT2D eigenvalue weighted by molar-refractivity contribution is 0.0988. The van der Waals surface area contributed by atoms with Crippen LogP contribution in [0.3, 0.4) is 0 Å². The Morgan fingerprint density at radius 1 is 1.35 bits per heavy atom. The van der Waals surface area contributed by atoms with Crippen molar-refractivity contribution >= 4 is 15.9 Å². The quantitative estimate of drug-likeness (QED) is 0.875. The molecule has 0 saturated heterocycles. The molecule has 0 radical (unpaired) electrons. The van der Waals surface area contributed by atoms with E-state index >= 15 is 0 Å². The largest absolute Gasteiger partial charge is 0.388 e. The van der Waals surface area contributed by atoms with Gasteiger partial charge in [-0.25, -0.2) is 0 Å². The van der Waals surface area contributed by atoms with Crippen LogP contribution in [-0.2, 0) is 0 Å². The summed E-state index contributed by atoms with van der Waals surface area (Å²) in [6, 6.07) is 5.96. The van der Waals surface area contributed by atoms with Crippen LogP contribution < -0.4 is 5.73 Å². The monoisotopic (exact) mass is 299 g/mol. The molecule has 2 atom stereocenters. The second-order valence-electron chi connectivity index (χ2n) is 5.05. The summed E-state index contributed by atoms with van der Waals surface area (Å²) in [4.78, 5) is 0. The zero-order chi connectivity index (χ0) is 13.0. The molecule has 1 rings (SSSR count). The van der Waals surface area contributed by atoms with Crippen molar-refractivity contribution in [3.8, 4) is 0 Å². The Morgan fingerprint density at radius 2 is 2.00 bits per heavy atom. The molecule has 0 saturated carbocycles. The Labute approximate surface area is 112 Å². The standard InChI is InChI=1S/C14H22BrNO/c1-9(2)7-11(8-16)14(17)12-6-4-5-10(3)13(12)15/h4-6,9,11,14,17H,7-8,16H2,1-3H3. The summed E-state index contributed by atoms with van der Waals surface area (Å²) in [5.74, 6) is 0.662. The predicted octanol–water partition coefficient (Wildman–Crippen LogP) is 3.41. The average Bonchev–Trinajstić information content (AvgIpc) is 2.28. The number of hydrogen-bond acceptors (Lipinski definition) is 2. The van der Waals surface area contributed by atoms with E-state index in [4.69, 9.17) is 5.73 Å². The van der Waals surface area contributed by atoms with Crippen molar-refractivity contribution < 1.29 is 5.11 Å². The van der Waals surface area contributed by atoms with Gasteiger partial charge < -0.3 is 10.8 Å². The molecule has 17 heavy (non-hydrogen) atoms. The van der Waals surface area contributed by atoms with E-state index in [2.05, 4.69) is 29.8 Å². The third-order valence-corrected chi connectivity index (χ3v) is 4.15. The summed E-state index contributed by atoms with van der Waals surface area (Å²) in [5.41, 5.74) is 7.86. The predicted molar refractivity (Wildman–Crippen MR) is 75.8 cm³/mol. The van der Waals surface area contributed by atoms with Crippen molar-refractivity contribution in [3.63, 3.8) is 0 Å². The lowest BCUT2D eigenvalue weighted by Gasteiger charge is -2.24. The third kappa shape index (κ3) is 3.80. The van der Waals surface area contributed by atoms with Crippen molar-refractivity contribution in [2.45, 2.75) is 33.3 Å². The van der Waals surface area contributed by atoms with Crippen LogP contribution in [0, 0.1) is 18.8 Å². The van der Waals surface area contributed by atoms with Crippen LogP contribution in [0.4, 0.5) is 0 Å². The van der Waals surface area contributed by atoms with Crippen molar-refractivity contribution in [1.82, 2.24) is 0 Å². The first kappa shape index (κ1) is 14.7. The van der Waals surface area contributed by atoms with Gasteiger partial charge >= 0.3 is 0 Å². The van der Waals surface area contributed by atoms with Gasteiger partial charge in [-0.3, -0.25) is 0 Å². The van der Waals surface area contributed by atoms with Crippen molar-refractivity contribution in [2.75, 3.05) is 6.54 Å². The number of halogens is 1. The molecule has 2 unspecified atom stereocenters. The maximum Gasteiger partial charge on any atom is 0.0841 e. The van der Waals surface area contributed by atoms with Gasteiger partial charge in [-0.1, -0.05) is 48.0 Å². The fourth-order valence-corrected chi connectivity index (χ4v) is 2.61. The molecule has 0 aliphatic carbocycles. The summed E-state index contributed by atoms with van der Waals surface area (Å²) in [7, 11) is 0. The second kappa shape index (κ2) is 6.53. The molecule has 0 amide bonds. The van der Waals surface area contributed by atoms with Gasteiger partial charge in [-0.15, -0.1) is 0 Å². The third-order valence-electron chi connectivity index (χ3n) is 3.06. The number of aliphatic hydroxyl groups excluding tert-OH is 1. The van der Waals surface area contributed by atoms with Gasteiger partial charge in [-0.05, 0) is 36.9 Å². The molecule has 1 aromatic carbocycles. The Morgan fingerprint density at radius 3 is 2.53 bits per heavy atom. The van der Waals surface area contributed by atoms with E-state index in [1.807, 2.05) is 25.1 Å². The minimum atomic E-state index is -0.489. The van der Waals surface area contributed by atoms with Crippen LogP contribution in [0.5, 0.6) is 0 Å². The number of benzene rings is 1. The highest BCUT2D eigenvalue weighted by Crippen LogP contribution is 2.33. The fourth-order valence-electron chi connectivity index (χ4n) is 2.11. The van der Waals surface area contributed by atoms with Crippen molar-refractivity contribution in [1.29, 1.82) is 0 Å². The zero-order valence-electron chi connectivity index (χ0n) is 10.8. The van der Waals surface area contributed by atoms with E-state index < -0.39 is 6.10 Å². The number of rotatable bonds is 5. The summed E-state index contributed by atoms with van der Waals surface area (Å²) < 4.78 is 0.995. The molecule has 0 aliphatic heterocycles. The van der Waals surface area contributed by atoms with E-state index in [9.17, 15) is 5.11 Å². The Bertz CT molecular complexity index is 365. The molecule has 2 nitrogen and oxygen atoms in total. The van der Waals surface area contributed by atoms with Gasteiger partial charge in [0.25, 0.3) is 0 Å². The molecule has 0 heterocycles. The summed E-state index contributed by atoms with van der Waals surface area (Å²) in [5, 5.41) is 10.4. The van der Waals surface area contributed by atoms with Gasteiger partial charge in [0.15, 0.2) is 0 Å². The molecule has 3 N–H and O–H groups in total. The van der Waals surface area contributed by atoms with Gasteiger partial charge in [-0.2, -0.15) is 0 Å². The van der Waals surface area contributed by atoms with Crippen LogP contribution >= 0.6 is 15.9 Å². The minimum absolute atomic E-state index is 0.119. The molecule has 0 bridgehead atoms. The highest BCUT2D eigenvalue weighted by atomic mass is 79.9. The number of aryl methyl sites for hydroxylation is 1. The molecule has 1 aromatic rings. The number of aliphatic hydroxyl groups is 1. The highest BCUT2D eigenvalue weighted by Gasteiger charge is 2.22. The molecule has 0 spiro atoms. The molecule has 0 aromatic heterocycles. The molecule has 0 aliphatic rings. The van der Waals surface area contributed by atoms with Crippen molar-refractivity contribution in [2.24, 2.45) is 17.6 Å². The van der Waals surface area contributed by atoms with Crippen molar-refractivity contribution in [3.05, 3.63) is 33.8 Å². The lowest BCUT2D eigenvalue weighted by atomic mass is 9.88. The van der Waals surface area contributed by atoms with Gasteiger partial charge in [0.1, 0.15) is 0 Å². The Hall–Kier alpha value is -0.380. The van der Waals surface area contributed by atoms with E-state index in [-0.39, 0.29) is 5.92 Å². The normalized spacial score (nSPS) is 15.0.